The molecule has 0 saturated carbocycles. The summed E-state index contributed by atoms with van der Waals surface area (Å²) in [5, 5.41) is 0. The molecule has 4 aliphatic rings. The van der Waals surface area contributed by atoms with Gasteiger partial charge in [-0.15, -0.1) is 0 Å². The second-order valence-electron chi connectivity index (χ2n) is 9.05. The van der Waals surface area contributed by atoms with E-state index >= 15 is 0 Å². The van der Waals surface area contributed by atoms with Crippen molar-refractivity contribution in [1.29, 1.82) is 0 Å². The van der Waals surface area contributed by atoms with E-state index in [-0.39, 0.29) is 5.91 Å². The highest BCUT2D eigenvalue weighted by molar-refractivity contribution is 5.93. The van der Waals surface area contributed by atoms with Gasteiger partial charge in [0.05, 0.1) is 5.56 Å². The molecule has 0 unspecified atom stereocenters. The molecule has 4 saturated heterocycles. The van der Waals surface area contributed by atoms with Gasteiger partial charge in [-0.25, -0.2) is 0 Å². The van der Waals surface area contributed by atoms with Crippen molar-refractivity contribution in [1.82, 2.24) is 19.7 Å². The Morgan fingerprint density at radius 2 is 1.93 bits per heavy atom. The molecule has 0 aliphatic carbocycles. The first kappa shape index (κ1) is 19.6. The predicted molar refractivity (Wildman–Crippen MR) is 112 cm³/mol. The second-order valence-corrected chi connectivity index (χ2v) is 9.05. The van der Waals surface area contributed by atoms with Crippen LogP contribution in [0.3, 0.4) is 0 Å². The summed E-state index contributed by atoms with van der Waals surface area (Å²) >= 11 is 0. The van der Waals surface area contributed by atoms with E-state index < -0.39 is 0 Å². The van der Waals surface area contributed by atoms with Crippen molar-refractivity contribution < 1.29 is 4.79 Å². The Bertz CT molecular complexity index is 692. The number of nitrogens with zero attached hydrogens (tertiary/aromatic N) is 4. The molecule has 5 nitrogen and oxygen atoms in total. The number of hydrogen-bond acceptors (Lipinski definition) is 4. The number of pyridine rings is 1. The van der Waals surface area contributed by atoms with Gasteiger partial charge in [-0.2, -0.15) is 0 Å². The average Bonchev–Trinajstić information content (AvgIpc) is 3.04. The largest absolute Gasteiger partial charge is 0.338 e. The lowest BCUT2D eigenvalue weighted by Crippen LogP contribution is -2.49. The molecule has 1 amide bonds. The molecule has 5 rings (SSSR count). The van der Waals surface area contributed by atoms with Gasteiger partial charge in [-0.1, -0.05) is 11.6 Å². The second kappa shape index (κ2) is 8.75. The predicted octanol–water partition coefficient (Wildman–Crippen LogP) is 3.05. The third-order valence-corrected chi connectivity index (χ3v) is 6.77. The van der Waals surface area contributed by atoms with Gasteiger partial charge in [0, 0.05) is 63.7 Å². The topological polar surface area (TPSA) is 39.7 Å². The summed E-state index contributed by atoms with van der Waals surface area (Å²) in [6.07, 6.45) is 10.7. The molecule has 0 spiro atoms. The standard InChI is InChI=1S/C23H34N4O/c1-18(2)7-11-26-15-19-5-6-22(26)17-27(16-19)21-8-12-25(13-9-21)23(28)20-4-3-10-24-14-20/h3-4,7,10,14,19,21-22H,5-6,8-9,11-13,15-17H2,1-2H3/t19-,22-/m0/s1. The van der Waals surface area contributed by atoms with Crippen molar-refractivity contribution in [3.8, 4) is 0 Å². The van der Waals surface area contributed by atoms with Gasteiger partial charge < -0.3 is 4.90 Å². The van der Waals surface area contributed by atoms with Crippen LogP contribution >= 0.6 is 0 Å². The van der Waals surface area contributed by atoms with Crippen LogP contribution in [-0.4, -0.2) is 76.9 Å². The fourth-order valence-electron chi connectivity index (χ4n) is 5.14. The van der Waals surface area contributed by atoms with E-state index in [4.69, 9.17) is 0 Å². The number of allylic oxidation sites excluding steroid dienone is 1. The smallest absolute Gasteiger partial charge is 0.255 e. The zero-order valence-electron chi connectivity index (χ0n) is 17.4. The molecule has 5 heteroatoms. The summed E-state index contributed by atoms with van der Waals surface area (Å²) in [6, 6.07) is 5.04. The van der Waals surface area contributed by atoms with Crippen LogP contribution in [0.5, 0.6) is 0 Å². The maximum absolute atomic E-state index is 12.7. The highest BCUT2D eigenvalue weighted by atomic mass is 16.2. The molecular formula is C23H34N4O. The number of hydrogen-bond donors (Lipinski definition) is 0. The van der Waals surface area contributed by atoms with E-state index in [2.05, 4.69) is 34.7 Å². The first-order valence-corrected chi connectivity index (χ1v) is 10.9. The summed E-state index contributed by atoms with van der Waals surface area (Å²) < 4.78 is 0. The minimum absolute atomic E-state index is 0.135. The quantitative estimate of drug-likeness (QED) is 0.751. The lowest BCUT2D eigenvalue weighted by atomic mass is 9.95. The Balaban J connectivity index is 1.34. The Hall–Kier alpha value is -1.72. The Labute approximate surface area is 169 Å². The summed E-state index contributed by atoms with van der Waals surface area (Å²) in [4.78, 5) is 24.3. The van der Waals surface area contributed by atoms with Gasteiger partial charge in [0.25, 0.3) is 5.91 Å². The van der Waals surface area contributed by atoms with Crippen molar-refractivity contribution >= 4 is 5.91 Å². The Kier molecular flexibility index (Phi) is 6.12. The first-order chi connectivity index (χ1) is 13.6. The van der Waals surface area contributed by atoms with Crippen molar-refractivity contribution in [2.45, 2.75) is 51.6 Å². The van der Waals surface area contributed by atoms with Gasteiger partial charge in [0.2, 0.25) is 0 Å². The average molecular weight is 383 g/mol. The van der Waals surface area contributed by atoms with E-state index in [1.165, 1.54) is 38.0 Å². The molecule has 2 bridgehead atoms. The molecule has 0 radical (unpaired) electrons. The first-order valence-electron chi connectivity index (χ1n) is 10.9. The Morgan fingerprint density at radius 1 is 1.11 bits per heavy atom. The number of rotatable bonds is 4. The van der Waals surface area contributed by atoms with Crippen LogP contribution in [0.2, 0.25) is 0 Å². The maximum atomic E-state index is 12.7. The summed E-state index contributed by atoms with van der Waals surface area (Å²) in [6.45, 7) is 10.9. The highest BCUT2D eigenvalue weighted by Gasteiger charge is 2.37. The number of aromatic nitrogens is 1. The minimum Gasteiger partial charge on any atom is -0.338 e. The third-order valence-electron chi connectivity index (χ3n) is 6.77. The van der Waals surface area contributed by atoms with Crippen molar-refractivity contribution in [3.05, 3.63) is 41.7 Å². The number of fused-ring (bicyclic) bond motifs is 4. The SMILES string of the molecule is CC(C)=CCN1C[C@@H]2CC[C@H]1CN(C1CCN(C(=O)c3cccnc3)CC1)C2. The van der Waals surface area contributed by atoms with Gasteiger partial charge in [-0.05, 0) is 57.6 Å². The zero-order chi connectivity index (χ0) is 19.5. The molecule has 28 heavy (non-hydrogen) atoms. The number of carbonyl (C=O) groups excluding carboxylic acids is 1. The third kappa shape index (κ3) is 4.47. The van der Waals surface area contributed by atoms with Crippen molar-refractivity contribution in [2.75, 3.05) is 39.3 Å². The zero-order valence-corrected chi connectivity index (χ0v) is 17.4. The summed E-state index contributed by atoms with van der Waals surface area (Å²) in [5.74, 6) is 0.940. The van der Waals surface area contributed by atoms with Crippen LogP contribution in [0.15, 0.2) is 36.2 Å². The molecule has 4 aliphatic heterocycles. The molecule has 1 aromatic heterocycles. The van der Waals surface area contributed by atoms with Gasteiger partial charge in [0.15, 0.2) is 0 Å². The van der Waals surface area contributed by atoms with E-state index in [9.17, 15) is 4.79 Å². The van der Waals surface area contributed by atoms with E-state index in [0.29, 0.717) is 17.6 Å². The maximum Gasteiger partial charge on any atom is 0.255 e. The molecular weight excluding hydrogens is 348 g/mol. The number of carbonyl (C=O) groups is 1. The van der Waals surface area contributed by atoms with Gasteiger partial charge in [0.1, 0.15) is 0 Å². The monoisotopic (exact) mass is 382 g/mol. The van der Waals surface area contributed by atoms with E-state index in [1.807, 2.05) is 17.0 Å². The molecule has 0 aromatic carbocycles. The van der Waals surface area contributed by atoms with Crippen LogP contribution in [-0.2, 0) is 0 Å². The van der Waals surface area contributed by atoms with E-state index in [1.54, 1.807) is 12.4 Å². The van der Waals surface area contributed by atoms with Crippen LogP contribution in [0.25, 0.3) is 0 Å². The molecule has 0 N–H and O–H groups in total. The fraction of sp³-hybridized carbons (Fsp3) is 0.652. The fourth-order valence-corrected chi connectivity index (χ4v) is 5.14. The van der Waals surface area contributed by atoms with Crippen LogP contribution in [0.1, 0.15) is 49.9 Å². The molecule has 2 atom stereocenters. The molecule has 5 heterocycles. The number of amides is 1. The summed E-state index contributed by atoms with van der Waals surface area (Å²) in [7, 11) is 0. The lowest BCUT2D eigenvalue weighted by Gasteiger charge is -2.39. The molecule has 4 fully saturated rings. The van der Waals surface area contributed by atoms with Crippen LogP contribution < -0.4 is 0 Å². The van der Waals surface area contributed by atoms with Crippen molar-refractivity contribution in [3.63, 3.8) is 0 Å². The Morgan fingerprint density at radius 3 is 2.64 bits per heavy atom. The number of likely N-dealkylation sites (tertiary alicyclic amines) is 1. The van der Waals surface area contributed by atoms with Crippen LogP contribution in [0, 0.1) is 5.92 Å². The van der Waals surface area contributed by atoms with E-state index in [0.717, 1.165) is 38.4 Å². The normalized spacial score (nSPS) is 26.9. The minimum atomic E-state index is 0.135. The lowest BCUT2D eigenvalue weighted by molar-refractivity contribution is 0.0605. The van der Waals surface area contributed by atoms with Crippen LogP contribution in [0.4, 0.5) is 0 Å². The number of piperidine rings is 2. The highest BCUT2D eigenvalue weighted by Crippen LogP contribution is 2.31. The van der Waals surface area contributed by atoms with Gasteiger partial charge in [-0.3, -0.25) is 19.6 Å². The molecule has 152 valence electrons. The molecule has 1 aromatic rings. The van der Waals surface area contributed by atoms with Crippen molar-refractivity contribution in [2.24, 2.45) is 5.92 Å². The summed E-state index contributed by atoms with van der Waals surface area (Å²) in [5.41, 5.74) is 2.13. The van der Waals surface area contributed by atoms with Gasteiger partial charge >= 0.3 is 0 Å².